The first-order valence-electron chi connectivity index (χ1n) is 9.17. The summed E-state index contributed by atoms with van der Waals surface area (Å²) in [7, 11) is 1.54. The maximum atomic E-state index is 12.8. The smallest absolute Gasteiger partial charge is 0.360 e. The molecule has 8 nitrogen and oxygen atoms in total. The summed E-state index contributed by atoms with van der Waals surface area (Å²) in [6.45, 7) is 1.59. The summed E-state index contributed by atoms with van der Waals surface area (Å²) < 4.78 is 6.15. The summed E-state index contributed by atoms with van der Waals surface area (Å²) in [4.78, 5) is 41.2. The summed E-state index contributed by atoms with van der Waals surface area (Å²) in [5.41, 5.74) is -0.719. The molecule has 0 radical (unpaired) electrons. The molecule has 1 atom stereocenters. The number of rotatable bonds is 5. The molecule has 8 heteroatoms. The van der Waals surface area contributed by atoms with Gasteiger partial charge in [-0.05, 0) is 44.0 Å². The molecule has 2 N–H and O–H groups in total. The lowest BCUT2D eigenvalue weighted by Gasteiger charge is -2.24. The number of amides is 1. The van der Waals surface area contributed by atoms with Gasteiger partial charge in [-0.25, -0.2) is 14.6 Å². The van der Waals surface area contributed by atoms with Crippen molar-refractivity contribution in [3.8, 4) is 17.0 Å². The normalized spacial score (nSPS) is 15.9. The average Bonchev–Trinajstić information content (AvgIpc) is 2.69. The minimum Gasteiger partial charge on any atom is -0.497 e. The van der Waals surface area contributed by atoms with E-state index in [4.69, 9.17) is 4.74 Å². The van der Waals surface area contributed by atoms with E-state index in [9.17, 15) is 14.4 Å². The maximum absolute atomic E-state index is 12.8. The van der Waals surface area contributed by atoms with E-state index in [1.807, 2.05) is 0 Å². The highest BCUT2D eigenvalue weighted by molar-refractivity contribution is 5.80. The van der Waals surface area contributed by atoms with Gasteiger partial charge in [-0.1, -0.05) is 19.3 Å². The summed E-state index contributed by atoms with van der Waals surface area (Å²) in [5, 5.41) is 5.36. The van der Waals surface area contributed by atoms with E-state index in [-0.39, 0.29) is 17.6 Å². The van der Waals surface area contributed by atoms with Crippen molar-refractivity contribution in [3.63, 3.8) is 0 Å². The maximum Gasteiger partial charge on any atom is 0.360 e. The number of H-pyrrole nitrogens is 1. The van der Waals surface area contributed by atoms with Crippen molar-refractivity contribution in [2.24, 2.45) is 0 Å². The van der Waals surface area contributed by atoms with Crippen LogP contribution in [0.5, 0.6) is 5.75 Å². The molecule has 0 aliphatic heterocycles. The first-order valence-corrected chi connectivity index (χ1v) is 9.17. The highest BCUT2D eigenvalue weighted by Gasteiger charge is 2.23. The second kappa shape index (κ2) is 8.20. The number of aromatic nitrogens is 3. The number of hydrogen-bond acceptors (Lipinski definition) is 5. The predicted molar refractivity (Wildman–Crippen MR) is 101 cm³/mol. The molecule has 1 amide bonds. The molecule has 0 bridgehead atoms. The third-order valence-corrected chi connectivity index (χ3v) is 4.93. The van der Waals surface area contributed by atoms with Gasteiger partial charge in [0.05, 0.1) is 7.11 Å². The Balaban J connectivity index is 1.88. The van der Waals surface area contributed by atoms with Crippen LogP contribution in [0, 0.1) is 0 Å². The van der Waals surface area contributed by atoms with E-state index in [1.165, 1.54) is 6.42 Å². The molecule has 1 unspecified atom stereocenters. The van der Waals surface area contributed by atoms with Gasteiger partial charge in [0.25, 0.3) is 5.56 Å². The van der Waals surface area contributed by atoms with Gasteiger partial charge in [0.15, 0.2) is 0 Å². The zero-order valence-corrected chi connectivity index (χ0v) is 15.5. The van der Waals surface area contributed by atoms with E-state index in [1.54, 1.807) is 38.3 Å². The van der Waals surface area contributed by atoms with Gasteiger partial charge in [0.2, 0.25) is 5.91 Å². The van der Waals surface area contributed by atoms with Crippen LogP contribution in [0.3, 0.4) is 0 Å². The first-order chi connectivity index (χ1) is 13.0. The Morgan fingerprint density at radius 1 is 1.22 bits per heavy atom. The van der Waals surface area contributed by atoms with Crippen LogP contribution in [0.4, 0.5) is 0 Å². The Morgan fingerprint density at radius 2 is 1.89 bits per heavy atom. The number of ether oxygens (including phenoxy) is 1. The lowest BCUT2D eigenvalue weighted by molar-refractivity contribution is -0.125. The minimum atomic E-state index is -0.841. The fourth-order valence-electron chi connectivity index (χ4n) is 3.34. The molecule has 144 valence electrons. The molecule has 1 aliphatic carbocycles. The van der Waals surface area contributed by atoms with Gasteiger partial charge < -0.3 is 10.1 Å². The molecule has 1 aromatic carbocycles. The number of aromatic amines is 1. The Hall–Kier alpha value is -2.90. The summed E-state index contributed by atoms with van der Waals surface area (Å²) in [6, 6.07) is 5.95. The highest BCUT2D eigenvalue weighted by atomic mass is 16.5. The first kappa shape index (κ1) is 18.9. The van der Waals surface area contributed by atoms with E-state index in [0.717, 1.165) is 30.4 Å². The second-order valence-corrected chi connectivity index (χ2v) is 6.80. The molecule has 0 spiro atoms. The van der Waals surface area contributed by atoms with E-state index in [2.05, 4.69) is 15.4 Å². The SMILES string of the molecule is COc1ccc(-c2nc(=O)[nH]n(C(C)C(=O)NC3CCCCC3)c2=O)cc1. The predicted octanol–water partition coefficient (Wildman–Crippen LogP) is 1.62. The van der Waals surface area contributed by atoms with Crippen LogP contribution in [0.25, 0.3) is 11.3 Å². The quantitative estimate of drug-likeness (QED) is 0.829. The second-order valence-electron chi connectivity index (χ2n) is 6.80. The number of hydrogen-bond donors (Lipinski definition) is 2. The third-order valence-electron chi connectivity index (χ3n) is 4.93. The standard InChI is InChI=1S/C19H24N4O4/c1-12(17(24)20-14-6-4-3-5-7-14)23-18(25)16(21-19(26)22-23)13-8-10-15(27-2)11-9-13/h8-12,14H,3-7H2,1-2H3,(H,20,24)(H,22,26). The molecular formula is C19H24N4O4. The van der Waals surface area contributed by atoms with Crippen LogP contribution < -0.4 is 21.3 Å². The van der Waals surface area contributed by atoms with Crippen molar-refractivity contribution >= 4 is 5.91 Å². The van der Waals surface area contributed by atoms with Gasteiger partial charge in [-0.3, -0.25) is 9.59 Å². The summed E-state index contributed by atoms with van der Waals surface area (Å²) in [6.07, 6.45) is 5.25. The van der Waals surface area contributed by atoms with Crippen LogP contribution in [-0.2, 0) is 4.79 Å². The third kappa shape index (κ3) is 4.27. The van der Waals surface area contributed by atoms with Crippen molar-refractivity contribution < 1.29 is 9.53 Å². The van der Waals surface area contributed by atoms with Gasteiger partial charge in [0.1, 0.15) is 17.5 Å². The molecule has 1 aliphatic rings. The Morgan fingerprint density at radius 3 is 2.52 bits per heavy atom. The van der Waals surface area contributed by atoms with Crippen LogP contribution in [0.1, 0.15) is 45.1 Å². The Bertz CT molecular complexity index is 911. The molecule has 1 fully saturated rings. The molecule has 2 aromatic rings. The Labute approximate surface area is 156 Å². The van der Waals surface area contributed by atoms with E-state index < -0.39 is 17.3 Å². The minimum absolute atomic E-state index is 0.00119. The van der Waals surface area contributed by atoms with Gasteiger partial charge in [-0.15, -0.1) is 0 Å². The molecular weight excluding hydrogens is 348 g/mol. The number of nitrogens with one attached hydrogen (secondary N) is 2. The van der Waals surface area contributed by atoms with Crippen molar-refractivity contribution in [3.05, 3.63) is 45.1 Å². The van der Waals surface area contributed by atoms with Crippen LogP contribution in [0.2, 0.25) is 0 Å². The van der Waals surface area contributed by atoms with Crippen molar-refractivity contribution in [1.29, 1.82) is 0 Å². The summed E-state index contributed by atoms with van der Waals surface area (Å²) in [5.74, 6) is 0.343. The van der Waals surface area contributed by atoms with E-state index in [0.29, 0.717) is 11.3 Å². The zero-order chi connectivity index (χ0) is 19.4. The lowest BCUT2D eigenvalue weighted by Crippen LogP contribution is -2.44. The zero-order valence-electron chi connectivity index (χ0n) is 15.5. The van der Waals surface area contributed by atoms with Gasteiger partial charge in [-0.2, -0.15) is 4.98 Å². The number of methoxy groups -OCH3 is 1. The molecule has 1 saturated carbocycles. The molecule has 1 aromatic heterocycles. The molecule has 1 heterocycles. The molecule has 3 rings (SSSR count). The monoisotopic (exact) mass is 372 g/mol. The van der Waals surface area contributed by atoms with Crippen LogP contribution in [-0.4, -0.2) is 33.8 Å². The van der Waals surface area contributed by atoms with Crippen LogP contribution in [0.15, 0.2) is 33.9 Å². The number of carbonyl (C=O) groups excluding carboxylic acids is 1. The van der Waals surface area contributed by atoms with Gasteiger partial charge >= 0.3 is 5.69 Å². The molecule has 0 saturated heterocycles. The van der Waals surface area contributed by atoms with Gasteiger partial charge in [0, 0.05) is 11.6 Å². The average molecular weight is 372 g/mol. The fraction of sp³-hybridized carbons (Fsp3) is 0.474. The van der Waals surface area contributed by atoms with Crippen molar-refractivity contribution in [2.75, 3.05) is 7.11 Å². The van der Waals surface area contributed by atoms with Crippen molar-refractivity contribution in [1.82, 2.24) is 20.1 Å². The topological polar surface area (TPSA) is 106 Å². The number of nitrogens with zero attached hydrogens (tertiary/aromatic N) is 2. The fourth-order valence-corrected chi connectivity index (χ4v) is 3.34. The Kier molecular flexibility index (Phi) is 5.73. The number of benzene rings is 1. The van der Waals surface area contributed by atoms with Crippen LogP contribution >= 0.6 is 0 Å². The molecule has 27 heavy (non-hydrogen) atoms. The number of carbonyl (C=O) groups is 1. The highest BCUT2D eigenvalue weighted by Crippen LogP contribution is 2.19. The summed E-state index contributed by atoms with van der Waals surface area (Å²) >= 11 is 0. The lowest BCUT2D eigenvalue weighted by atomic mass is 9.95. The largest absolute Gasteiger partial charge is 0.497 e. The van der Waals surface area contributed by atoms with E-state index >= 15 is 0 Å². The van der Waals surface area contributed by atoms with Crippen molar-refractivity contribution in [2.45, 2.75) is 51.1 Å².